The standard InChI is InChI=1S/C19H22ClNO3/c1-4-17(24-18-8-6-5-7-16(18)20)19(22)21(2)13-14-9-11-15(23-3)12-10-14/h5-12,17H,4,13H2,1-3H3. The molecular weight excluding hydrogens is 326 g/mol. The zero-order valence-corrected chi connectivity index (χ0v) is 14.9. The molecule has 0 aromatic heterocycles. The van der Waals surface area contributed by atoms with Gasteiger partial charge in [0.25, 0.3) is 5.91 Å². The van der Waals surface area contributed by atoms with Gasteiger partial charge in [0, 0.05) is 13.6 Å². The molecule has 0 radical (unpaired) electrons. The number of para-hydroxylation sites is 1. The van der Waals surface area contributed by atoms with Crippen LogP contribution in [-0.2, 0) is 11.3 Å². The lowest BCUT2D eigenvalue weighted by Gasteiger charge is -2.24. The van der Waals surface area contributed by atoms with Crippen molar-refractivity contribution in [2.45, 2.75) is 26.0 Å². The Balaban J connectivity index is 2.02. The number of nitrogens with zero attached hydrogens (tertiary/aromatic N) is 1. The van der Waals surface area contributed by atoms with Crippen LogP contribution < -0.4 is 9.47 Å². The summed E-state index contributed by atoms with van der Waals surface area (Å²) in [5, 5.41) is 0.501. The van der Waals surface area contributed by atoms with Crippen LogP contribution in [0.3, 0.4) is 0 Å². The van der Waals surface area contributed by atoms with E-state index in [4.69, 9.17) is 21.1 Å². The van der Waals surface area contributed by atoms with E-state index in [0.717, 1.165) is 11.3 Å². The topological polar surface area (TPSA) is 38.8 Å². The molecule has 1 atom stereocenters. The van der Waals surface area contributed by atoms with Crippen LogP contribution in [0.5, 0.6) is 11.5 Å². The molecule has 0 aliphatic carbocycles. The minimum absolute atomic E-state index is 0.0757. The van der Waals surface area contributed by atoms with E-state index in [1.165, 1.54) is 0 Å². The van der Waals surface area contributed by atoms with Crippen molar-refractivity contribution in [3.05, 3.63) is 59.1 Å². The fraction of sp³-hybridized carbons (Fsp3) is 0.316. The summed E-state index contributed by atoms with van der Waals surface area (Å²) in [6, 6.07) is 14.8. The van der Waals surface area contributed by atoms with E-state index in [1.807, 2.05) is 43.3 Å². The first kappa shape index (κ1) is 18.1. The predicted molar refractivity (Wildman–Crippen MR) is 95.6 cm³/mol. The smallest absolute Gasteiger partial charge is 0.263 e. The molecule has 24 heavy (non-hydrogen) atoms. The summed E-state index contributed by atoms with van der Waals surface area (Å²) in [4.78, 5) is 14.3. The molecule has 2 rings (SSSR count). The molecule has 1 unspecified atom stereocenters. The first-order valence-electron chi connectivity index (χ1n) is 7.84. The van der Waals surface area contributed by atoms with E-state index in [2.05, 4.69) is 0 Å². The molecule has 0 heterocycles. The number of hydrogen-bond donors (Lipinski definition) is 0. The van der Waals surface area contributed by atoms with Crippen molar-refractivity contribution in [1.29, 1.82) is 0 Å². The molecule has 4 nitrogen and oxygen atoms in total. The summed E-state index contributed by atoms with van der Waals surface area (Å²) in [6.45, 7) is 2.42. The Morgan fingerprint density at radius 1 is 1.17 bits per heavy atom. The average Bonchev–Trinajstić information content (AvgIpc) is 2.61. The Morgan fingerprint density at radius 2 is 1.83 bits per heavy atom. The van der Waals surface area contributed by atoms with Crippen LogP contribution in [0.4, 0.5) is 0 Å². The number of hydrogen-bond acceptors (Lipinski definition) is 3. The molecule has 0 saturated heterocycles. The first-order valence-corrected chi connectivity index (χ1v) is 8.22. The van der Waals surface area contributed by atoms with Gasteiger partial charge in [0.2, 0.25) is 0 Å². The van der Waals surface area contributed by atoms with Gasteiger partial charge in [-0.25, -0.2) is 0 Å². The van der Waals surface area contributed by atoms with E-state index in [1.54, 1.807) is 31.2 Å². The summed E-state index contributed by atoms with van der Waals surface area (Å²) in [7, 11) is 3.40. The van der Waals surface area contributed by atoms with Crippen LogP contribution in [0.2, 0.25) is 5.02 Å². The minimum Gasteiger partial charge on any atom is -0.497 e. The highest BCUT2D eigenvalue weighted by molar-refractivity contribution is 6.32. The van der Waals surface area contributed by atoms with Gasteiger partial charge in [-0.2, -0.15) is 0 Å². The number of likely N-dealkylation sites (N-methyl/N-ethyl adjacent to an activating group) is 1. The second-order valence-corrected chi connectivity index (χ2v) is 5.89. The highest BCUT2D eigenvalue weighted by Crippen LogP contribution is 2.25. The van der Waals surface area contributed by atoms with Gasteiger partial charge in [0.15, 0.2) is 6.10 Å². The largest absolute Gasteiger partial charge is 0.497 e. The first-order chi connectivity index (χ1) is 11.5. The summed E-state index contributed by atoms with van der Waals surface area (Å²) < 4.78 is 11.0. The van der Waals surface area contributed by atoms with Crippen molar-refractivity contribution < 1.29 is 14.3 Å². The summed E-state index contributed by atoms with van der Waals surface area (Å²) in [6.07, 6.45) is 0.00458. The van der Waals surface area contributed by atoms with Gasteiger partial charge in [-0.15, -0.1) is 0 Å². The summed E-state index contributed by atoms with van der Waals surface area (Å²) >= 11 is 6.11. The van der Waals surface area contributed by atoms with Crippen LogP contribution in [-0.4, -0.2) is 31.1 Å². The SMILES string of the molecule is CCC(Oc1ccccc1Cl)C(=O)N(C)Cc1ccc(OC)cc1. The normalized spacial score (nSPS) is 11.7. The van der Waals surface area contributed by atoms with Crippen LogP contribution in [0.15, 0.2) is 48.5 Å². The Hall–Kier alpha value is -2.20. The molecule has 0 aliphatic heterocycles. The molecule has 128 valence electrons. The van der Waals surface area contributed by atoms with Crippen LogP contribution in [0.25, 0.3) is 0 Å². The maximum Gasteiger partial charge on any atom is 0.263 e. The Bertz CT molecular complexity index is 673. The molecule has 0 saturated carbocycles. The van der Waals surface area contributed by atoms with Gasteiger partial charge in [0.1, 0.15) is 11.5 Å². The lowest BCUT2D eigenvalue weighted by atomic mass is 10.2. The highest BCUT2D eigenvalue weighted by atomic mass is 35.5. The fourth-order valence-corrected chi connectivity index (χ4v) is 2.51. The second kappa shape index (κ2) is 8.60. The van der Waals surface area contributed by atoms with E-state index in [9.17, 15) is 4.79 Å². The van der Waals surface area contributed by atoms with Crippen LogP contribution >= 0.6 is 11.6 Å². The van der Waals surface area contributed by atoms with Gasteiger partial charge in [-0.3, -0.25) is 4.79 Å². The third kappa shape index (κ3) is 4.65. The summed E-state index contributed by atoms with van der Waals surface area (Å²) in [5.74, 6) is 1.24. The molecule has 0 bridgehead atoms. The third-order valence-corrected chi connectivity index (χ3v) is 4.02. The number of benzene rings is 2. The molecule has 5 heteroatoms. The monoisotopic (exact) mass is 347 g/mol. The summed E-state index contributed by atoms with van der Waals surface area (Å²) in [5.41, 5.74) is 1.03. The van der Waals surface area contributed by atoms with Crippen LogP contribution in [0, 0.1) is 0 Å². The molecule has 2 aromatic carbocycles. The van der Waals surface area contributed by atoms with Crippen molar-refractivity contribution in [3.63, 3.8) is 0 Å². The minimum atomic E-state index is -0.562. The highest BCUT2D eigenvalue weighted by Gasteiger charge is 2.23. The van der Waals surface area contributed by atoms with E-state index >= 15 is 0 Å². The molecule has 0 N–H and O–H groups in total. The lowest BCUT2D eigenvalue weighted by Crippen LogP contribution is -2.39. The number of amides is 1. The molecule has 0 aliphatic rings. The lowest BCUT2D eigenvalue weighted by molar-refractivity contribution is -0.138. The quantitative estimate of drug-likeness (QED) is 0.754. The molecule has 1 amide bonds. The van der Waals surface area contributed by atoms with E-state index < -0.39 is 6.10 Å². The van der Waals surface area contributed by atoms with E-state index in [0.29, 0.717) is 23.7 Å². The Kier molecular flexibility index (Phi) is 6.50. The zero-order chi connectivity index (χ0) is 17.5. The number of halogens is 1. The number of carbonyl (C=O) groups excluding carboxylic acids is 1. The van der Waals surface area contributed by atoms with Crippen molar-refractivity contribution in [3.8, 4) is 11.5 Å². The Labute approximate surface area is 147 Å². The van der Waals surface area contributed by atoms with Gasteiger partial charge >= 0.3 is 0 Å². The van der Waals surface area contributed by atoms with Gasteiger partial charge in [-0.05, 0) is 36.2 Å². The maximum absolute atomic E-state index is 12.7. The third-order valence-electron chi connectivity index (χ3n) is 3.71. The van der Waals surface area contributed by atoms with Gasteiger partial charge < -0.3 is 14.4 Å². The van der Waals surface area contributed by atoms with E-state index in [-0.39, 0.29) is 5.91 Å². The molecular formula is C19H22ClNO3. The van der Waals surface area contributed by atoms with Crippen molar-refractivity contribution in [2.24, 2.45) is 0 Å². The van der Waals surface area contributed by atoms with Crippen molar-refractivity contribution in [2.75, 3.05) is 14.2 Å². The average molecular weight is 348 g/mol. The Morgan fingerprint density at radius 3 is 2.42 bits per heavy atom. The van der Waals surface area contributed by atoms with Crippen molar-refractivity contribution >= 4 is 17.5 Å². The number of ether oxygens (including phenoxy) is 2. The zero-order valence-electron chi connectivity index (χ0n) is 14.2. The maximum atomic E-state index is 12.7. The number of methoxy groups -OCH3 is 1. The van der Waals surface area contributed by atoms with Crippen molar-refractivity contribution in [1.82, 2.24) is 4.90 Å². The number of carbonyl (C=O) groups is 1. The molecule has 2 aromatic rings. The molecule has 0 spiro atoms. The predicted octanol–water partition coefficient (Wildman–Crippen LogP) is 4.16. The number of rotatable bonds is 7. The fourth-order valence-electron chi connectivity index (χ4n) is 2.33. The van der Waals surface area contributed by atoms with Gasteiger partial charge in [-0.1, -0.05) is 42.8 Å². The molecule has 0 fully saturated rings. The second-order valence-electron chi connectivity index (χ2n) is 5.49. The van der Waals surface area contributed by atoms with Gasteiger partial charge in [0.05, 0.1) is 12.1 Å². The van der Waals surface area contributed by atoms with Crippen LogP contribution in [0.1, 0.15) is 18.9 Å².